The molecule has 0 fully saturated rings. The second-order valence-electron chi connectivity index (χ2n) is 29.5. The van der Waals surface area contributed by atoms with Gasteiger partial charge in [-0.25, -0.2) is 4.79 Å². The molecule has 0 bridgehead atoms. The van der Waals surface area contributed by atoms with E-state index in [-0.39, 0.29) is 114 Å². The summed E-state index contributed by atoms with van der Waals surface area (Å²) in [7, 11) is -5.43. The van der Waals surface area contributed by atoms with E-state index in [0.29, 0.717) is 38.5 Å². The molecule has 0 aliphatic heterocycles. The molecule has 23 heteroatoms. The van der Waals surface area contributed by atoms with Crippen LogP contribution >= 0.6 is 16.5 Å². The number of rotatable bonds is 84. The fraction of sp³-hybridized carbons (Fsp3) is 0.916. The Hall–Kier alpha value is -3.55. The van der Waals surface area contributed by atoms with Crippen molar-refractivity contribution in [2.45, 2.75) is 425 Å². The van der Waals surface area contributed by atoms with E-state index in [1.165, 1.54) is 141 Å². The highest BCUT2D eigenvalue weighted by Crippen LogP contribution is 2.26. The zero-order chi connectivity index (χ0) is 77.7. The third-order valence-corrected chi connectivity index (χ3v) is 20.6. The van der Waals surface area contributed by atoms with Gasteiger partial charge < -0.3 is 40.2 Å². The van der Waals surface area contributed by atoms with Crippen molar-refractivity contribution < 1.29 is 79.7 Å². The smallest absolute Gasteiger partial charge is 0.462 e. The zero-order valence-corrected chi connectivity index (χ0v) is 70.1. The van der Waals surface area contributed by atoms with Gasteiger partial charge in [-0.3, -0.25) is 28.8 Å². The fourth-order valence-corrected chi connectivity index (χ4v) is 13.9. The van der Waals surface area contributed by atoms with Crippen LogP contribution in [0.15, 0.2) is 0 Å². The number of Topliss-reactive ketones (excluding diaryl/α,β-unsaturated/α-hetero) is 2. The highest BCUT2D eigenvalue weighted by molar-refractivity contribution is 7.33. The number of hydrogen-bond acceptors (Lipinski definition) is 17. The van der Waals surface area contributed by atoms with Crippen molar-refractivity contribution in [1.82, 2.24) is 21.3 Å². The molecule has 620 valence electrons. The number of nitrogens with one attached hydrogen (secondary N) is 4. The molecule has 4 N–H and O–H groups in total. The van der Waals surface area contributed by atoms with Crippen LogP contribution in [0.4, 0.5) is 4.79 Å². The molecule has 0 aliphatic rings. The van der Waals surface area contributed by atoms with E-state index in [2.05, 4.69) is 62.8 Å². The summed E-state index contributed by atoms with van der Waals surface area (Å²) in [5, 5.41) is 10.8. The van der Waals surface area contributed by atoms with Crippen LogP contribution in [0.2, 0.25) is 0 Å². The summed E-state index contributed by atoms with van der Waals surface area (Å²) in [6.45, 7) is 12.6. The largest absolute Gasteiger partial charge is 0.697 e. The maximum absolute atomic E-state index is 13.2. The first kappa shape index (κ1) is 102. The van der Waals surface area contributed by atoms with Crippen LogP contribution in [0.1, 0.15) is 401 Å². The topological polar surface area (TPSA) is 276 Å². The predicted octanol–water partition coefficient (Wildman–Crippen LogP) is 21.6. The minimum atomic E-state index is -2.71. The zero-order valence-electron chi connectivity index (χ0n) is 68.3. The number of ketones is 2. The summed E-state index contributed by atoms with van der Waals surface area (Å²) in [6.07, 6.45) is 54.1. The molecule has 3 unspecified atom stereocenters. The van der Waals surface area contributed by atoms with Crippen molar-refractivity contribution in [2.24, 2.45) is 0 Å². The molecule has 4 amide bonds. The Bertz CT molecular complexity index is 1990. The molecule has 0 aromatic carbocycles. The van der Waals surface area contributed by atoms with Gasteiger partial charge in [0.2, 0.25) is 11.8 Å². The van der Waals surface area contributed by atoms with Crippen molar-refractivity contribution in [3.8, 4) is 0 Å². The lowest BCUT2D eigenvalue weighted by atomic mass is 10.0. The number of carbonyl (C=O) groups excluding carboxylic acids is 7. The standard InChI is InChI=1S/C83H156N4O17P2/c1-7-13-19-25-29-33-37-43-47-53-75(88)67-79(90)86-73(69-97-63-59-77(55-49-41-23-17-11-5)103-81(92)57-51-45-39-35-31-27-21-15-9-3)71-101-105(95)99-65-61-84-83(94)85-62-66-100-106(96)102-72-74(87-80(91)68-76(89)54-48-44-38-34-30-26-20-14-8-2)70-98-64-60-78(56-50-42-24-18-12-6)104-82(93)58-52-46-40-36-32-28-22-16-10-4/h73-74,77-78H,7-72H2,1-6H3,(H2-2,84,85,86,87,90,91,94)/p+2/t73-,74-,77-,78?/m1/s1. The van der Waals surface area contributed by atoms with Crippen molar-refractivity contribution in [3.63, 3.8) is 0 Å². The summed E-state index contributed by atoms with van der Waals surface area (Å²) in [6, 6.07) is -2.19. The molecule has 0 heterocycles. The summed E-state index contributed by atoms with van der Waals surface area (Å²) in [4.78, 5) is 91.1. The van der Waals surface area contributed by atoms with Gasteiger partial charge in [-0.05, 0) is 51.4 Å². The second-order valence-corrected chi connectivity index (χ2v) is 31.4. The van der Waals surface area contributed by atoms with Crippen LogP contribution in [0.3, 0.4) is 0 Å². The van der Waals surface area contributed by atoms with E-state index in [4.69, 9.17) is 37.0 Å². The van der Waals surface area contributed by atoms with E-state index in [1.807, 2.05) is 0 Å². The van der Waals surface area contributed by atoms with E-state index in [0.717, 1.165) is 167 Å². The van der Waals surface area contributed by atoms with Crippen LogP contribution in [0.5, 0.6) is 0 Å². The molecule has 0 aliphatic carbocycles. The first-order chi connectivity index (χ1) is 51.7. The SMILES string of the molecule is CCCCCCCCCCCC(=O)CC(=O)N[C@H](COCCC(CCCCCCC)OC(=O)CCCCCCCCCCC)CO[P+](=O)OCCNC(=O)NCCO[P+](=O)OC[C@@H](COCC[C@@H](CCCCCCC)OC(=O)CCCCCCCCCCC)NC(=O)CC(=O)CCCCCCCCCCC. The lowest BCUT2D eigenvalue weighted by Crippen LogP contribution is -2.42. The molecule has 106 heavy (non-hydrogen) atoms. The van der Waals surface area contributed by atoms with Crippen molar-refractivity contribution in [3.05, 3.63) is 0 Å². The highest BCUT2D eigenvalue weighted by Gasteiger charge is 2.28. The minimum absolute atomic E-state index is 0.0272. The lowest BCUT2D eigenvalue weighted by Gasteiger charge is -2.20. The summed E-state index contributed by atoms with van der Waals surface area (Å²) in [5.41, 5.74) is 0. The summed E-state index contributed by atoms with van der Waals surface area (Å²) < 4.78 is 71.9. The number of ether oxygens (including phenoxy) is 4. The number of esters is 2. The predicted molar refractivity (Wildman–Crippen MR) is 428 cm³/mol. The highest BCUT2D eigenvalue weighted by atomic mass is 31.1. The Balaban J connectivity index is 5.52. The van der Waals surface area contributed by atoms with Gasteiger partial charge in [0, 0.05) is 60.7 Å². The van der Waals surface area contributed by atoms with Crippen LogP contribution < -0.4 is 21.3 Å². The minimum Gasteiger partial charge on any atom is -0.462 e. The molecule has 0 saturated heterocycles. The van der Waals surface area contributed by atoms with Crippen molar-refractivity contribution >= 4 is 57.9 Å². The lowest BCUT2D eigenvalue weighted by molar-refractivity contribution is -0.151. The molecule has 21 nitrogen and oxygen atoms in total. The Morgan fingerprint density at radius 1 is 0.292 bits per heavy atom. The molecule has 0 spiro atoms. The van der Waals surface area contributed by atoms with Gasteiger partial charge in [-0.1, -0.05) is 298 Å². The number of unbranched alkanes of at least 4 members (excludes halogenated alkanes) is 40. The summed E-state index contributed by atoms with van der Waals surface area (Å²) >= 11 is 0. The third kappa shape index (κ3) is 73.3. The molecular formula is C83H158N4O17P2+2. The number of amides is 4. The van der Waals surface area contributed by atoms with Crippen LogP contribution in [0, 0.1) is 0 Å². The first-order valence-electron chi connectivity index (χ1n) is 43.3. The van der Waals surface area contributed by atoms with Crippen LogP contribution in [-0.2, 0) is 74.9 Å². The van der Waals surface area contributed by atoms with Gasteiger partial charge in [0.15, 0.2) is 0 Å². The maximum atomic E-state index is 13.2. The van der Waals surface area contributed by atoms with E-state index in [9.17, 15) is 42.7 Å². The molecule has 0 saturated carbocycles. The summed E-state index contributed by atoms with van der Waals surface area (Å²) in [5.74, 6) is -1.71. The average Bonchev–Trinajstić information content (AvgIpc) is 0.961. The number of hydrogen-bond donors (Lipinski definition) is 4. The Labute approximate surface area is 647 Å². The Kier molecular flexibility index (Phi) is 76.9. The fourth-order valence-electron chi connectivity index (χ4n) is 12.6. The first-order valence-corrected chi connectivity index (χ1v) is 45.5. The van der Waals surface area contributed by atoms with E-state index < -0.39 is 46.4 Å². The normalized spacial score (nSPS) is 12.8. The van der Waals surface area contributed by atoms with Gasteiger partial charge in [0.25, 0.3) is 0 Å². The van der Waals surface area contributed by atoms with Gasteiger partial charge >= 0.3 is 34.5 Å². The molecular weight excluding hydrogens is 1390 g/mol. The third-order valence-electron chi connectivity index (χ3n) is 19.1. The monoisotopic (exact) mass is 1550 g/mol. The average molecular weight is 1550 g/mol. The number of carbonyl (C=O) groups is 7. The van der Waals surface area contributed by atoms with Gasteiger partial charge in [-0.15, -0.1) is 18.1 Å². The molecule has 0 rings (SSSR count). The maximum Gasteiger partial charge on any atom is 0.697 e. The van der Waals surface area contributed by atoms with E-state index in [1.54, 1.807) is 0 Å². The Morgan fingerprint density at radius 2 is 0.557 bits per heavy atom. The number of urea groups is 1. The quantitative estimate of drug-likeness (QED) is 0.0191. The van der Waals surface area contributed by atoms with Gasteiger partial charge in [0.1, 0.15) is 50.2 Å². The van der Waals surface area contributed by atoms with Gasteiger partial charge in [-0.2, -0.15) is 0 Å². The molecule has 0 aromatic rings. The van der Waals surface area contributed by atoms with Crippen molar-refractivity contribution in [1.29, 1.82) is 0 Å². The molecule has 0 radical (unpaired) electrons. The Morgan fingerprint density at radius 3 is 0.849 bits per heavy atom. The molecule has 0 aromatic heterocycles. The second kappa shape index (κ2) is 79.5. The van der Waals surface area contributed by atoms with Gasteiger partial charge in [0.05, 0.1) is 51.4 Å². The van der Waals surface area contributed by atoms with Crippen molar-refractivity contribution in [2.75, 3.05) is 65.9 Å². The van der Waals surface area contributed by atoms with E-state index >= 15 is 0 Å². The van der Waals surface area contributed by atoms with Crippen LogP contribution in [0.25, 0.3) is 0 Å². The molecule has 6 atom stereocenters. The van der Waals surface area contributed by atoms with Crippen LogP contribution in [-0.4, -0.2) is 132 Å².